The first-order valence-corrected chi connectivity index (χ1v) is 7.48. The average molecular weight is 291 g/mol. The Morgan fingerprint density at radius 1 is 1.38 bits per heavy atom. The van der Waals surface area contributed by atoms with Crippen LogP contribution in [0.5, 0.6) is 5.75 Å². The molecule has 2 rings (SSSR count). The van der Waals surface area contributed by atoms with Gasteiger partial charge in [0.2, 0.25) is 5.91 Å². The quantitative estimate of drug-likeness (QED) is 0.855. The summed E-state index contributed by atoms with van der Waals surface area (Å²) in [6.45, 7) is 6.83. The molecule has 1 atom stereocenters. The Morgan fingerprint density at radius 3 is 2.81 bits per heavy atom. The second-order valence-electron chi connectivity index (χ2n) is 6.42. The van der Waals surface area contributed by atoms with Crippen LogP contribution in [0.15, 0.2) is 24.3 Å². The van der Waals surface area contributed by atoms with Gasteiger partial charge in [0.15, 0.2) is 0 Å². The van der Waals surface area contributed by atoms with Gasteiger partial charge in [0.25, 0.3) is 0 Å². The second kappa shape index (κ2) is 6.48. The third-order valence-corrected chi connectivity index (χ3v) is 3.68. The van der Waals surface area contributed by atoms with Crippen LogP contribution in [0.3, 0.4) is 0 Å². The van der Waals surface area contributed by atoms with Crippen LogP contribution in [0, 0.1) is 0 Å². The van der Waals surface area contributed by atoms with Crippen molar-refractivity contribution in [1.82, 2.24) is 4.90 Å². The SMILES string of the molecule is COc1cccc(C2CCCN2C(=O)COC(C)(C)C)c1. The molecule has 1 aromatic rings. The van der Waals surface area contributed by atoms with E-state index in [0.29, 0.717) is 0 Å². The third kappa shape index (κ3) is 4.21. The third-order valence-electron chi connectivity index (χ3n) is 3.68. The summed E-state index contributed by atoms with van der Waals surface area (Å²) in [5.41, 5.74) is 0.844. The van der Waals surface area contributed by atoms with Gasteiger partial charge in [-0.15, -0.1) is 0 Å². The summed E-state index contributed by atoms with van der Waals surface area (Å²) >= 11 is 0. The second-order valence-corrected chi connectivity index (χ2v) is 6.42. The Kier molecular flexibility index (Phi) is 4.88. The minimum absolute atomic E-state index is 0.0650. The lowest BCUT2D eigenvalue weighted by Gasteiger charge is -2.27. The summed E-state index contributed by atoms with van der Waals surface area (Å²) in [6.07, 6.45) is 2.03. The van der Waals surface area contributed by atoms with Crippen molar-refractivity contribution < 1.29 is 14.3 Å². The fourth-order valence-corrected chi connectivity index (χ4v) is 2.62. The molecule has 1 aromatic carbocycles. The molecule has 0 aliphatic carbocycles. The number of carbonyl (C=O) groups is 1. The van der Waals surface area contributed by atoms with Crippen LogP contribution in [0.2, 0.25) is 0 Å². The Morgan fingerprint density at radius 2 is 2.14 bits per heavy atom. The van der Waals surface area contributed by atoms with E-state index in [-0.39, 0.29) is 24.2 Å². The topological polar surface area (TPSA) is 38.8 Å². The first-order chi connectivity index (χ1) is 9.90. The van der Waals surface area contributed by atoms with E-state index >= 15 is 0 Å². The number of nitrogens with zero attached hydrogens (tertiary/aromatic N) is 1. The molecule has 116 valence electrons. The lowest BCUT2D eigenvalue weighted by atomic mass is 10.0. The summed E-state index contributed by atoms with van der Waals surface area (Å²) < 4.78 is 10.9. The molecule has 0 aromatic heterocycles. The summed E-state index contributed by atoms with van der Waals surface area (Å²) in [7, 11) is 1.66. The van der Waals surface area contributed by atoms with Crippen LogP contribution in [0.25, 0.3) is 0 Å². The van der Waals surface area contributed by atoms with Gasteiger partial charge in [-0.05, 0) is 51.3 Å². The largest absolute Gasteiger partial charge is 0.497 e. The lowest BCUT2D eigenvalue weighted by molar-refractivity contribution is -0.142. The van der Waals surface area contributed by atoms with Crippen LogP contribution in [0.1, 0.15) is 45.2 Å². The average Bonchev–Trinajstić information content (AvgIpc) is 2.93. The molecule has 4 heteroatoms. The fourth-order valence-electron chi connectivity index (χ4n) is 2.62. The Hall–Kier alpha value is -1.55. The number of hydrogen-bond donors (Lipinski definition) is 0. The molecule has 0 bridgehead atoms. The first-order valence-electron chi connectivity index (χ1n) is 7.48. The Balaban J connectivity index is 2.07. The monoisotopic (exact) mass is 291 g/mol. The highest BCUT2D eigenvalue weighted by Gasteiger charge is 2.30. The van der Waals surface area contributed by atoms with E-state index in [0.717, 1.165) is 30.7 Å². The number of ether oxygens (including phenoxy) is 2. The Labute approximate surface area is 127 Å². The molecular formula is C17H25NO3. The number of benzene rings is 1. The summed E-state index contributed by atoms with van der Waals surface area (Å²) in [5.74, 6) is 0.896. The van der Waals surface area contributed by atoms with Gasteiger partial charge in [0.1, 0.15) is 12.4 Å². The molecule has 1 fully saturated rings. The minimum Gasteiger partial charge on any atom is -0.497 e. The van der Waals surface area contributed by atoms with Crippen LogP contribution < -0.4 is 4.74 Å². The number of carbonyl (C=O) groups excluding carboxylic acids is 1. The van der Waals surface area contributed by atoms with Crippen LogP contribution in [-0.4, -0.2) is 36.7 Å². The molecule has 1 unspecified atom stereocenters. The van der Waals surface area contributed by atoms with E-state index in [2.05, 4.69) is 6.07 Å². The normalized spacial score (nSPS) is 18.9. The standard InChI is InChI=1S/C17H25NO3/c1-17(2,3)21-12-16(19)18-10-6-9-15(18)13-7-5-8-14(11-13)20-4/h5,7-8,11,15H,6,9-10,12H2,1-4H3. The highest BCUT2D eigenvalue weighted by atomic mass is 16.5. The predicted molar refractivity (Wildman–Crippen MR) is 82.4 cm³/mol. The van der Waals surface area contributed by atoms with Crippen molar-refractivity contribution in [2.24, 2.45) is 0 Å². The molecule has 1 aliphatic heterocycles. The number of rotatable bonds is 4. The zero-order valence-electron chi connectivity index (χ0n) is 13.4. The molecular weight excluding hydrogens is 266 g/mol. The van der Waals surface area contributed by atoms with Crippen molar-refractivity contribution in [2.45, 2.75) is 45.3 Å². The van der Waals surface area contributed by atoms with Gasteiger partial charge >= 0.3 is 0 Å². The van der Waals surface area contributed by atoms with E-state index in [9.17, 15) is 4.79 Å². The summed E-state index contributed by atoms with van der Waals surface area (Å²) in [5, 5.41) is 0. The number of likely N-dealkylation sites (tertiary alicyclic amines) is 1. The highest BCUT2D eigenvalue weighted by Crippen LogP contribution is 2.33. The maximum absolute atomic E-state index is 12.4. The molecule has 0 spiro atoms. The molecule has 1 amide bonds. The number of amides is 1. The van der Waals surface area contributed by atoms with Gasteiger partial charge in [-0.2, -0.15) is 0 Å². The van der Waals surface area contributed by atoms with Gasteiger partial charge in [0.05, 0.1) is 18.8 Å². The summed E-state index contributed by atoms with van der Waals surface area (Å²) in [4.78, 5) is 14.3. The van der Waals surface area contributed by atoms with E-state index in [1.54, 1.807) is 7.11 Å². The van der Waals surface area contributed by atoms with Crippen LogP contribution in [-0.2, 0) is 9.53 Å². The van der Waals surface area contributed by atoms with Crippen molar-refractivity contribution in [2.75, 3.05) is 20.3 Å². The van der Waals surface area contributed by atoms with Gasteiger partial charge in [0, 0.05) is 6.54 Å². The molecule has 1 aliphatic rings. The Bertz CT molecular complexity index is 493. The maximum Gasteiger partial charge on any atom is 0.249 e. The molecule has 4 nitrogen and oxygen atoms in total. The van der Waals surface area contributed by atoms with Crippen molar-refractivity contribution in [3.63, 3.8) is 0 Å². The highest BCUT2D eigenvalue weighted by molar-refractivity contribution is 5.78. The fraction of sp³-hybridized carbons (Fsp3) is 0.588. The number of hydrogen-bond acceptors (Lipinski definition) is 3. The van der Waals surface area contributed by atoms with Gasteiger partial charge in [-0.1, -0.05) is 12.1 Å². The van der Waals surface area contributed by atoms with E-state index in [1.807, 2.05) is 43.9 Å². The minimum atomic E-state index is -0.291. The lowest BCUT2D eigenvalue weighted by Crippen LogP contribution is -2.36. The first kappa shape index (κ1) is 15.8. The molecule has 0 radical (unpaired) electrons. The summed E-state index contributed by atoms with van der Waals surface area (Å²) in [6, 6.07) is 8.11. The van der Waals surface area contributed by atoms with Crippen LogP contribution in [0.4, 0.5) is 0 Å². The van der Waals surface area contributed by atoms with Crippen molar-refractivity contribution >= 4 is 5.91 Å². The van der Waals surface area contributed by atoms with E-state index in [1.165, 1.54) is 0 Å². The van der Waals surface area contributed by atoms with Crippen LogP contribution >= 0.6 is 0 Å². The smallest absolute Gasteiger partial charge is 0.249 e. The van der Waals surface area contributed by atoms with E-state index in [4.69, 9.17) is 9.47 Å². The predicted octanol–water partition coefficient (Wildman–Crippen LogP) is 3.17. The molecule has 0 saturated carbocycles. The molecule has 1 heterocycles. The molecule has 21 heavy (non-hydrogen) atoms. The van der Waals surface area contributed by atoms with Gasteiger partial charge in [-0.25, -0.2) is 0 Å². The molecule has 1 saturated heterocycles. The molecule has 0 N–H and O–H groups in total. The van der Waals surface area contributed by atoms with Crippen molar-refractivity contribution in [1.29, 1.82) is 0 Å². The van der Waals surface area contributed by atoms with Gasteiger partial charge in [-0.3, -0.25) is 4.79 Å². The maximum atomic E-state index is 12.4. The van der Waals surface area contributed by atoms with Crippen molar-refractivity contribution in [3.8, 4) is 5.75 Å². The van der Waals surface area contributed by atoms with Gasteiger partial charge < -0.3 is 14.4 Å². The zero-order chi connectivity index (χ0) is 15.5. The zero-order valence-corrected chi connectivity index (χ0v) is 13.4. The van der Waals surface area contributed by atoms with Crippen molar-refractivity contribution in [3.05, 3.63) is 29.8 Å². The van der Waals surface area contributed by atoms with E-state index < -0.39 is 0 Å². The number of methoxy groups -OCH3 is 1.